The lowest BCUT2D eigenvalue weighted by Crippen LogP contribution is -2.40. The second-order valence-electron chi connectivity index (χ2n) is 20.9. The largest absolute Gasteiger partial charge is 0.477 e. The standard InChI is InChI=1S/C61H111NO8/c1-6-8-10-12-14-16-18-19-20-21-22-23-24-25-26-27-28-29-30-31-32-33-34-35-36-37-38-39-40-41-42-44-46-48-50-52-59(64)70-57(56-69-61(60(65)66)67-54-53-62(3,4)5)55-68-58(63)51-49-47-45-43-17-15-13-11-9-7-2/h8,10,14,16,19-20,22-23,57,61H,6-7,9,11-13,15,17-18,21,24-56H2,1-5H3/p+1/b10-8-,16-14-,20-19-,23-22-. The molecule has 0 spiro atoms. The molecule has 0 heterocycles. The zero-order valence-electron chi connectivity index (χ0n) is 46.4. The van der Waals surface area contributed by atoms with Gasteiger partial charge < -0.3 is 28.5 Å². The lowest BCUT2D eigenvalue weighted by Gasteiger charge is -2.25. The van der Waals surface area contributed by atoms with Crippen LogP contribution in [0.25, 0.3) is 0 Å². The summed E-state index contributed by atoms with van der Waals surface area (Å²) in [6.07, 6.45) is 62.2. The van der Waals surface area contributed by atoms with Gasteiger partial charge in [0.25, 0.3) is 6.29 Å². The molecule has 9 heteroatoms. The third-order valence-corrected chi connectivity index (χ3v) is 12.8. The Morgan fingerprint density at radius 3 is 1.21 bits per heavy atom. The second kappa shape index (κ2) is 52.6. The predicted octanol–water partition coefficient (Wildman–Crippen LogP) is 17.1. The second-order valence-corrected chi connectivity index (χ2v) is 20.9. The van der Waals surface area contributed by atoms with E-state index >= 15 is 0 Å². The number of hydrogen-bond donors (Lipinski definition) is 1. The van der Waals surface area contributed by atoms with Crippen molar-refractivity contribution in [2.75, 3.05) is 47.5 Å². The molecule has 0 fully saturated rings. The van der Waals surface area contributed by atoms with Crippen molar-refractivity contribution in [1.29, 1.82) is 0 Å². The molecular formula is C61H112NO8+. The quantitative estimate of drug-likeness (QED) is 0.0211. The molecule has 0 rings (SSSR count). The zero-order valence-corrected chi connectivity index (χ0v) is 46.4. The molecule has 0 saturated heterocycles. The van der Waals surface area contributed by atoms with E-state index in [0.717, 1.165) is 64.2 Å². The van der Waals surface area contributed by atoms with E-state index in [4.69, 9.17) is 18.9 Å². The summed E-state index contributed by atoms with van der Waals surface area (Å²) in [6.45, 7) is 4.77. The number of quaternary nitrogens is 1. The first kappa shape index (κ1) is 67.2. The monoisotopic (exact) mass is 987 g/mol. The number of allylic oxidation sites excluding steroid dienone is 8. The van der Waals surface area contributed by atoms with Crippen LogP contribution in [0.4, 0.5) is 0 Å². The van der Waals surface area contributed by atoms with Crippen LogP contribution < -0.4 is 0 Å². The smallest absolute Gasteiger partial charge is 0.361 e. The van der Waals surface area contributed by atoms with Crippen molar-refractivity contribution in [1.82, 2.24) is 0 Å². The first-order valence-electron chi connectivity index (χ1n) is 29.3. The molecule has 0 aliphatic heterocycles. The van der Waals surface area contributed by atoms with Gasteiger partial charge in [0.2, 0.25) is 0 Å². The van der Waals surface area contributed by atoms with Crippen LogP contribution in [0.3, 0.4) is 0 Å². The van der Waals surface area contributed by atoms with E-state index in [1.807, 2.05) is 21.1 Å². The van der Waals surface area contributed by atoms with E-state index in [2.05, 4.69) is 62.5 Å². The Labute approximate surface area is 432 Å². The van der Waals surface area contributed by atoms with Gasteiger partial charge in [0.15, 0.2) is 6.10 Å². The van der Waals surface area contributed by atoms with Gasteiger partial charge in [-0.25, -0.2) is 4.79 Å². The number of carbonyl (C=O) groups is 3. The molecule has 1 N–H and O–H groups in total. The zero-order chi connectivity index (χ0) is 51.3. The van der Waals surface area contributed by atoms with E-state index in [-0.39, 0.29) is 32.2 Å². The van der Waals surface area contributed by atoms with Gasteiger partial charge in [0.1, 0.15) is 13.2 Å². The number of rotatable bonds is 54. The van der Waals surface area contributed by atoms with Crippen molar-refractivity contribution < 1.29 is 42.9 Å². The van der Waals surface area contributed by atoms with Crippen LogP contribution in [0.5, 0.6) is 0 Å². The molecule has 70 heavy (non-hydrogen) atoms. The van der Waals surface area contributed by atoms with Crippen molar-refractivity contribution in [2.24, 2.45) is 0 Å². The summed E-state index contributed by atoms with van der Waals surface area (Å²) < 4.78 is 22.8. The highest BCUT2D eigenvalue weighted by Gasteiger charge is 2.25. The Morgan fingerprint density at radius 1 is 0.443 bits per heavy atom. The van der Waals surface area contributed by atoms with Crippen LogP contribution in [0.1, 0.15) is 264 Å². The number of ether oxygens (including phenoxy) is 4. The fourth-order valence-electron chi connectivity index (χ4n) is 8.36. The minimum absolute atomic E-state index is 0.177. The topological polar surface area (TPSA) is 108 Å². The van der Waals surface area contributed by atoms with Crippen molar-refractivity contribution >= 4 is 17.9 Å². The molecule has 0 aromatic rings. The fraction of sp³-hybridized carbons (Fsp3) is 0.820. The van der Waals surface area contributed by atoms with Crippen LogP contribution in [-0.4, -0.2) is 87.4 Å². The molecule has 0 aliphatic rings. The van der Waals surface area contributed by atoms with Gasteiger partial charge in [-0.1, -0.05) is 249 Å². The first-order chi connectivity index (χ1) is 34.1. The maximum atomic E-state index is 12.8. The highest BCUT2D eigenvalue weighted by atomic mass is 16.7. The molecule has 0 radical (unpaired) electrons. The molecule has 2 atom stereocenters. The molecule has 2 unspecified atom stereocenters. The normalized spacial score (nSPS) is 13.1. The van der Waals surface area contributed by atoms with Crippen LogP contribution in [0.2, 0.25) is 0 Å². The van der Waals surface area contributed by atoms with Crippen molar-refractivity contribution in [3.63, 3.8) is 0 Å². The summed E-state index contributed by atoms with van der Waals surface area (Å²) in [5.74, 6) is -1.99. The van der Waals surface area contributed by atoms with E-state index in [1.54, 1.807) is 0 Å². The molecular weight excluding hydrogens is 875 g/mol. The van der Waals surface area contributed by atoms with Crippen LogP contribution in [0.15, 0.2) is 48.6 Å². The first-order valence-corrected chi connectivity index (χ1v) is 29.3. The van der Waals surface area contributed by atoms with Gasteiger partial charge >= 0.3 is 17.9 Å². The summed E-state index contributed by atoms with van der Waals surface area (Å²) >= 11 is 0. The van der Waals surface area contributed by atoms with Crippen molar-refractivity contribution in [3.05, 3.63) is 48.6 Å². The molecule has 0 saturated carbocycles. The number of carboxylic acid groups (broad SMARTS) is 1. The summed E-state index contributed by atoms with van der Waals surface area (Å²) in [4.78, 5) is 37.2. The van der Waals surface area contributed by atoms with Gasteiger partial charge in [-0.05, 0) is 51.4 Å². The average molecular weight is 988 g/mol. The van der Waals surface area contributed by atoms with Crippen LogP contribution in [-0.2, 0) is 33.3 Å². The summed E-state index contributed by atoms with van der Waals surface area (Å²) in [6, 6.07) is 0. The number of likely N-dealkylation sites (N-methyl/N-ethyl adjacent to an activating group) is 1. The van der Waals surface area contributed by atoms with Crippen molar-refractivity contribution in [2.45, 2.75) is 277 Å². The van der Waals surface area contributed by atoms with Crippen LogP contribution in [0, 0.1) is 0 Å². The molecule has 0 aromatic carbocycles. The SMILES string of the molecule is CC/C=C\C/C=C\C/C=C\C/C=C\CCCCCCCCCCCCCCCCCCCCCCCCC(=O)OC(COC(=O)CCCCCCCCCCCC)COC(OCC[N+](C)(C)C)C(=O)O. The molecule has 0 amide bonds. The molecule has 9 nitrogen and oxygen atoms in total. The lowest BCUT2D eigenvalue weighted by atomic mass is 10.0. The third-order valence-electron chi connectivity index (χ3n) is 12.8. The molecule has 0 aromatic heterocycles. The number of nitrogens with zero attached hydrogens (tertiary/aromatic N) is 1. The molecule has 408 valence electrons. The van der Waals surface area contributed by atoms with E-state index in [1.165, 1.54) is 173 Å². The third kappa shape index (κ3) is 53.1. The fourth-order valence-corrected chi connectivity index (χ4v) is 8.36. The number of carbonyl (C=O) groups excluding carboxylic acids is 2. The Bertz CT molecular complexity index is 1290. The maximum absolute atomic E-state index is 12.8. The number of hydrogen-bond acceptors (Lipinski definition) is 7. The van der Waals surface area contributed by atoms with Crippen molar-refractivity contribution in [3.8, 4) is 0 Å². The Balaban J connectivity index is 3.96. The Kier molecular flexibility index (Phi) is 50.5. The van der Waals surface area contributed by atoms with Gasteiger partial charge in [-0.3, -0.25) is 9.59 Å². The Hall–Kier alpha value is -2.75. The number of carboxylic acids is 1. The Morgan fingerprint density at radius 2 is 0.814 bits per heavy atom. The van der Waals surface area contributed by atoms with E-state index in [9.17, 15) is 19.5 Å². The maximum Gasteiger partial charge on any atom is 0.361 e. The average Bonchev–Trinajstić information content (AvgIpc) is 3.33. The minimum atomic E-state index is -1.51. The summed E-state index contributed by atoms with van der Waals surface area (Å²) in [5, 5.41) is 9.67. The number of esters is 2. The van der Waals surface area contributed by atoms with Gasteiger partial charge in [-0.2, -0.15) is 0 Å². The highest BCUT2D eigenvalue weighted by molar-refractivity contribution is 5.71. The minimum Gasteiger partial charge on any atom is -0.477 e. The lowest BCUT2D eigenvalue weighted by molar-refractivity contribution is -0.870. The van der Waals surface area contributed by atoms with Gasteiger partial charge in [0.05, 0.1) is 34.4 Å². The summed E-state index contributed by atoms with van der Waals surface area (Å²) in [7, 11) is 5.97. The van der Waals surface area contributed by atoms with Crippen LogP contribution >= 0.6 is 0 Å². The van der Waals surface area contributed by atoms with E-state index < -0.39 is 24.3 Å². The highest BCUT2D eigenvalue weighted by Crippen LogP contribution is 2.17. The van der Waals surface area contributed by atoms with Gasteiger partial charge in [0, 0.05) is 12.8 Å². The number of unbranched alkanes of at least 4 members (excludes halogenated alkanes) is 31. The van der Waals surface area contributed by atoms with E-state index in [0.29, 0.717) is 17.4 Å². The molecule has 0 aliphatic carbocycles. The van der Waals surface area contributed by atoms with Gasteiger partial charge in [-0.15, -0.1) is 0 Å². The number of aliphatic carboxylic acids is 1. The molecule has 0 bridgehead atoms. The predicted molar refractivity (Wildman–Crippen MR) is 295 cm³/mol. The summed E-state index contributed by atoms with van der Waals surface area (Å²) in [5.41, 5.74) is 0.